The summed E-state index contributed by atoms with van der Waals surface area (Å²) in [5.41, 5.74) is 4.74. The Morgan fingerprint density at radius 2 is 2.15 bits per heavy atom. The Morgan fingerprint density at radius 1 is 1.26 bits per heavy atom. The van der Waals surface area contributed by atoms with Crippen molar-refractivity contribution in [2.75, 3.05) is 32.2 Å². The van der Waals surface area contributed by atoms with E-state index in [9.17, 15) is 4.79 Å². The number of halogens is 1. The van der Waals surface area contributed by atoms with Crippen LogP contribution in [0.3, 0.4) is 0 Å². The van der Waals surface area contributed by atoms with Gasteiger partial charge in [0.15, 0.2) is 5.82 Å². The summed E-state index contributed by atoms with van der Waals surface area (Å²) in [5, 5.41) is 6.13. The van der Waals surface area contributed by atoms with Gasteiger partial charge < -0.3 is 20.3 Å². The van der Waals surface area contributed by atoms with E-state index in [0.717, 1.165) is 18.7 Å². The molecule has 8 nitrogen and oxygen atoms in total. The van der Waals surface area contributed by atoms with Crippen molar-refractivity contribution in [3.05, 3.63) is 64.5 Å². The van der Waals surface area contributed by atoms with Crippen molar-refractivity contribution in [3.8, 4) is 0 Å². The van der Waals surface area contributed by atoms with Gasteiger partial charge >= 0.3 is 0 Å². The molecule has 34 heavy (non-hydrogen) atoms. The van der Waals surface area contributed by atoms with Crippen LogP contribution in [0.5, 0.6) is 0 Å². The molecule has 3 heterocycles. The molecule has 0 saturated heterocycles. The molecule has 1 atom stereocenters. The van der Waals surface area contributed by atoms with Crippen LogP contribution in [0.4, 0.5) is 17.5 Å². The number of nitrogens with zero attached hydrogens (tertiary/aromatic N) is 4. The number of rotatable bonds is 4. The molecule has 2 N–H and O–H groups in total. The Balaban J connectivity index is 1.41. The zero-order valence-corrected chi connectivity index (χ0v) is 19.8. The number of ether oxygens (including phenoxy) is 1. The number of nitrogens with one attached hydrogen (secondary N) is 2. The average Bonchev–Trinajstić information content (AvgIpc) is 3.05. The summed E-state index contributed by atoms with van der Waals surface area (Å²) in [6, 6.07) is 7.17. The fourth-order valence-electron chi connectivity index (χ4n) is 4.70. The molecule has 1 amide bonds. The molecule has 0 radical (unpaired) electrons. The van der Waals surface area contributed by atoms with E-state index in [4.69, 9.17) is 16.3 Å². The minimum Gasteiger partial charge on any atom is -0.360 e. The normalized spacial score (nSPS) is 21.1. The summed E-state index contributed by atoms with van der Waals surface area (Å²) in [7, 11) is 1.59. The summed E-state index contributed by atoms with van der Waals surface area (Å²) >= 11 is 6.35. The van der Waals surface area contributed by atoms with E-state index in [1.54, 1.807) is 25.2 Å². The molecule has 1 aliphatic carbocycles. The van der Waals surface area contributed by atoms with Crippen molar-refractivity contribution in [2.24, 2.45) is 10.9 Å². The van der Waals surface area contributed by atoms with Crippen LogP contribution in [-0.4, -0.2) is 53.4 Å². The predicted molar refractivity (Wildman–Crippen MR) is 133 cm³/mol. The van der Waals surface area contributed by atoms with Gasteiger partial charge in [0.1, 0.15) is 11.8 Å². The number of carbonyl (C=O) groups is 1. The molecular weight excluding hydrogens is 452 g/mol. The largest absolute Gasteiger partial charge is 0.360 e. The first-order chi connectivity index (χ1) is 16.6. The van der Waals surface area contributed by atoms with E-state index in [1.807, 2.05) is 12.1 Å². The highest BCUT2D eigenvalue weighted by Crippen LogP contribution is 2.36. The highest BCUT2D eigenvalue weighted by molar-refractivity contribution is 6.33. The van der Waals surface area contributed by atoms with Crippen molar-refractivity contribution in [2.45, 2.75) is 25.7 Å². The summed E-state index contributed by atoms with van der Waals surface area (Å²) in [5.74, 6) is 1.01. The van der Waals surface area contributed by atoms with Crippen LogP contribution in [-0.2, 0) is 4.74 Å². The zero-order valence-electron chi connectivity index (χ0n) is 19.1. The maximum atomic E-state index is 12.2. The SMILES string of the molecule is CNC(=O)c1ccccc1Nc1nc(N=C2C=CC3=C4CCCCC4COCN3C2)ncc1Cl. The third-order valence-corrected chi connectivity index (χ3v) is 6.67. The summed E-state index contributed by atoms with van der Waals surface area (Å²) in [4.78, 5) is 27.9. The third-order valence-electron chi connectivity index (χ3n) is 6.39. The van der Waals surface area contributed by atoms with Gasteiger partial charge in [0.25, 0.3) is 11.9 Å². The number of fused-ring (bicyclic) bond motifs is 2. The van der Waals surface area contributed by atoms with Gasteiger partial charge in [0, 0.05) is 18.7 Å². The van der Waals surface area contributed by atoms with Crippen LogP contribution < -0.4 is 10.6 Å². The Morgan fingerprint density at radius 3 is 3.03 bits per heavy atom. The maximum Gasteiger partial charge on any atom is 0.253 e. The van der Waals surface area contributed by atoms with E-state index in [2.05, 4.69) is 36.6 Å². The van der Waals surface area contributed by atoms with Gasteiger partial charge in [0.2, 0.25) is 0 Å². The molecule has 1 aromatic carbocycles. The van der Waals surface area contributed by atoms with Crippen LogP contribution in [0.2, 0.25) is 5.02 Å². The van der Waals surface area contributed by atoms with Crippen LogP contribution in [0.1, 0.15) is 36.0 Å². The van der Waals surface area contributed by atoms with Crippen molar-refractivity contribution in [3.63, 3.8) is 0 Å². The molecule has 1 fully saturated rings. The van der Waals surface area contributed by atoms with Crippen LogP contribution in [0.15, 0.2) is 58.9 Å². The van der Waals surface area contributed by atoms with Gasteiger partial charge in [-0.15, -0.1) is 0 Å². The van der Waals surface area contributed by atoms with E-state index in [-0.39, 0.29) is 5.91 Å². The Kier molecular flexibility index (Phi) is 6.60. The van der Waals surface area contributed by atoms with Crippen molar-refractivity contribution < 1.29 is 9.53 Å². The zero-order chi connectivity index (χ0) is 23.5. The van der Waals surface area contributed by atoms with Gasteiger partial charge in [-0.25, -0.2) is 9.98 Å². The average molecular weight is 479 g/mol. The van der Waals surface area contributed by atoms with Crippen LogP contribution in [0, 0.1) is 5.92 Å². The summed E-state index contributed by atoms with van der Waals surface area (Å²) in [6.07, 6.45) is 10.6. The monoisotopic (exact) mass is 478 g/mol. The molecule has 2 aliphatic heterocycles. The van der Waals surface area contributed by atoms with Crippen molar-refractivity contribution in [1.82, 2.24) is 20.2 Å². The first-order valence-electron chi connectivity index (χ1n) is 11.5. The molecule has 0 bridgehead atoms. The van der Waals surface area contributed by atoms with Crippen molar-refractivity contribution >= 4 is 40.7 Å². The molecule has 3 aliphatic rings. The molecule has 1 unspecified atom stereocenters. The number of hydrogen-bond acceptors (Lipinski definition) is 7. The van der Waals surface area contributed by atoms with Gasteiger partial charge in [-0.2, -0.15) is 4.98 Å². The summed E-state index contributed by atoms with van der Waals surface area (Å²) < 4.78 is 5.98. The standard InChI is InChI=1S/C25H27ClN6O2/c1-27-24(33)19-8-4-5-9-21(19)30-23-20(26)12-28-25(31-23)29-17-10-11-22-18-7-3-2-6-16(18)14-34-15-32(22)13-17/h4-5,8-12,16H,2-3,6-7,13-15H2,1H3,(H,27,33)(H,28,30,31). The van der Waals surface area contributed by atoms with Gasteiger partial charge in [-0.3, -0.25) is 4.79 Å². The topological polar surface area (TPSA) is 91.7 Å². The fourth-order valence-corrected chi connectivity index (χ4v) is 4.84. The number of aliphatic imine (C=N–C) groups is 1. The fraction of sp³-hybridized carbons (Fsp3) is 0.360. The lowest BCUT2D eigenvalue weighted by Gasteiger charge is -2.30. The Hall–Kier alpha value is -3.23. The minimum atomic E-state index is -0.203. The summed E-state index contributed by atoms with van der Waals surface area (Å²) in [6.45, 7) is 1.99. The smallest absolute Gasteiger partial charge is 0.253 e. The molecule has 1 saturated carbocycles. The number of carbonyl (C=O) groups excluding carboxylic acids is 1. The second-order valence-corrected chi connectivity index (χ2v) is 9.01. The molecule has 2 aromatic rings. The van der Waals surface area contributed by atoms with E-state index in [0.29, 0.717) is 47.2 Å². The minimum absolute atomic E-state index is 0.203. The molecular formula is C25H27ClN6O2. The Labute approximate surface area is 203 Å². The second kappa shape index (κ2) is 9.95. The number of benzene rings is 1. The second-order valence-electron chi connectivity index (χ2n) is 8.60. The van der Waals surface area contributed by atoms with Crippen LogP contribution in [0.25, 0.3) is 0 Å². The number of hydrogen-bond donors (Lipinski definition) is 2. The molecule has 176 valence electrons. The van der Waals surface area contributed by atoms with E-state index in [1.165, 1.54) is 36.7 Å². The van der Waals surface area contributed by atoms with Gasteiger partial charge in [0.05, 0.1) is 36.3 Å². The number of amides is 1. The lowest BCUT2D eigenvalue weighted by molar-refractivity contribution is 0.0493. The van der Waals surface area contributed by atoms with E-state index < -0.39 is 0 Å². The molecule has 9 heteroatoms. The third kappa shape index (κ3) is 4.69. The predicted octanol–water partition coefficient (Wildman–Crippen LogP) is 4.61. The highest BCUT2D eigenvalue weighted by Gasteiger charge is 2.29. The lowest BCUT2D eigenvalue weighted by Crippen LogP contribution is -2.33. The number of aromatic nitrogens is 2. The van der Waals surface area contributed by atoms with Gasteiger partial charge in [-0.1, -0.05) is 30.2 Å². The molecule has 5 rings (SSSR count). The van der Waals surface area contributed by atoms with Crippen molar-refractivity contribution in [1.29, 1.82) is 0 Å². The molecule has 1 aromatic heterocycles. The number of para-hydroxylation sites is 1. The first-order valence-corrected chi connectivity index (χ1v) is 11.9. The quantitative estimate of drug-likeness (QED) is 0.666. The first kappa shape index (κ1) is 22.6. The number of allylic oxidation sites excluding steroid dienone is 1. The number of anilines is 2. The Bertz CT molecular complexity index is 1190. The van der Waals surface area contributed by atoms with E-state index >= 15 is 0 Å². The highest BCUT2D eigenvalue weighted by atomic mass is 35.5. The maximum absolute atomic E-state index is 12.2. The van der Waals surface area contributed by atoms with Crippen LogP contribution >= 0.6 is 11.6 Å². The lowest BCUT2D eigenvalue weighted by atomic mass is 9.83. The van der Waals surface area contributed by atoms with Gasteiger partial charge in [-0.05, 0) is 49.1 Å². The molecule has 0 spiro atoms.